The molecule has 0 spiro atoms. The fraction of sp³-hybridized carbons (Fsp3) is 0.233. The number of carbonyl (C=O) groups is 2. The van der Waals surface area contributed by atoms with Crippen LogP contribution < -0.4 is 14.2 Å². The van der Waals surface area contributed by atoms with Crippen LogP contribution in [0.3, 0.4) is 0 Å². The maximum Gasteiger partial charge on any atom is 0.490 e. The third kappa shape index (κ3) is 9.17. The highest BCUT2D eigenvalue weighted by Crippen LogP contribution is 2.31. The number of carboxylic acids is 1. The van der Waals surface area contributed by atoms with Gasteiger partial charge in [0.1, 0.15) is 22.6 Å². The van der Waals surface area contributed by atoms with Crippen LogP contribution in [0.25, 0.3) is 0 Å². The van der Waals surface area contributed by atoms with Crippen molar-refractivity contribution in [2.24, 2.45) is 0 Å². The monoisotopic (exact) mass is 712 g/mol. The SMILES string of the molecule is COc1ccccc1Cc1cnc(C(Cc2ccc(C3CC(=O)NS3(=O)=O)cc2)NS(=O)(=O)c2cccc(F)c2)[nH]1.O=C(O)C(F)(F)F. The molecule has 0 radical (unpaired) electrons. The van der Waals surface area contributed by atoms with Crippen molar-refractivity contribution in [1.29, 1.82) is 0 Å². The topological polar surface area (TPSA) is 185 Å². The summed E-state index contributed by atoms with van der Waals surface area (Å²) < 4.78 is 107. The van der Waals surface area contributed by atoms with E-state index in [2.05, 4.69) is 14.7 Å². The number of halogens is 4. The van der Waals surface area contributed by atoms with Gasteiger partial charge in [-0.2, -0.15) is 13.2 Å². The van der Waals surface area contributed by atoms with Crippen molar-refractivity contribution in [3.63, 3.8) is 0 Å². The number of H-pyrrole nitrogens is 1. The van der Waals surface area contributed by atoms with E-state index in [1.807, 2.05) is 29.0 Å². The lowest BCUT2D eigenvalue weighted by molar-refractivity contribution is -0.192. The van der Waals surface area contributed by atoms with Gasteiger partial charge in [0.15, 0.2) is 0 Å². The second kappa shape index (κ2) is 14.5. The minimum absolute atomic E-state index is 0.144. The Morgan fingerprint density at radius 1 is 1.10 bits per heavy atom. The number of imidazole rings is 1. The molecule has 256 valence electrons. The molecule has 0 aliphatic carbocycles. The molecule has 0 saturated carbocycles. The summed E-state index contributed by atoms with van der Waals surface area (Å²) in [4.78, 5) is 27.9. The molecule has 4 N–H and O–H groups in total. The van der Waals surface area contributed by atoms with Gasteiger partial charge in [-0.25, -0.2) is 35.7 Å². The summed E-state index contributed by atoms with van der Waals surface area (Å²) in [7, 11) is -6.37. The number of rotatable bonds is 10. The van der Waals surface area contributed by atoms with Gasteiger partial charge < -0.3 is 14.8 Å². The zero-order valence-electron chi connectivity index (χ0n) is 24.9. The first-order chi connectivity index (χ1) is 22.5. The number of aromatic amines is 1. The van der Waals surface area contributed by atoms with Crippen LogP contribution in [-0.4, -0.2) is 57.1 Å². The van der Waals surface area contributed by atoms with Crippen molar-refractivity contribution in [1.82, 2.24) is 19.4 Å². The van der Waals surface area contributed by atoms with E-state index in [1.165, 1.54) is 12.1 Å². The molecule has 4 aromatic rings. The number of aromatic nitrogens is 2. The quantitative estimate of drug-likeness (QED) is 0.177. The van der Waals surface area contributed by atoms with Crippen LogP contribution >= 0.6 is 0 Å². The third-order valence-corrected chi connectivity index (χ3v) is 10.2. The first-order valence-corrected chi connectivity index (χ1v) is 16.9. The highest BCUT2D eigenvalue weighted by atomic mass is 32.2. The lowest BCUT2D eigenvalue weighted by Crippen LogP contribution is -2.31. The van der Waals surface area contributed by atoms with Crippen molar-refractivity contribution in [2.75, 3.05) is 7.11 Å². The minimum Gasteiger partial charge on any atom is -0.496 e. The molecular formula is C30H28F4N4O8S2. The van der Waals surface area contributed by atoms with E-state index in [4.69, 9.17) is 14.6 Å². The molecule has 18 heteroatoms. The second-order valence-corrected chi connectivity index (χ2v) is 14.0. The summed E-state index contributed by atoms with van der Waals surface area (Å²) in [6, 6.07) is 17.9. The molecule has 2 atom stereocenters. The Kier molecular flexibility index (Phi) is 10.9. The normalized spacial score (nSPS) is 16.4. The summed E-state index contributed by atoms with van der Waals surface area (Å²) in [5.74, 6) is -2.97. The molecule has 1 aromatic heterocycles. The van der Waals surface area contributed by atoms with Gasteiger partial charge in [-0.05, 0) is 41.8 Å². The fourth-order valence-corrected chi connectivity index (χ4v) is 7.39. The summed E-state index contributed by atoms with van der Waals surface area (Å²) in [6.45, 7) is 0. The summed E-state index contributed by atoms with van der Waals surface area (Å²) in [5.41, 5.74) is 2.75. The number of alkyl halides is 3. The number of carbonyl (C=O) groups excluding carboxylic acids is 1. The maximum absolute atomic E-state index is 13.8. The number of sulfonamides is 2. The van der Waals surface area contributed by atoms with Crippen LogP contribution in [0.5, 0.6) is 5.75 Å². The van der Waals surface area contributed by atoms with Crippen LogP contribution in [0.2, 0.25) is 0 Å². The molecule has 12 nitrogen and oxygen atoms in total. The van der Waals surface area contributed by atoms with Gasteiger partial charge in [-0.15, -0.1) is 0 Å². The maximum atomic E-state index is 13.8. The van der Waals surface area contributed by atoms with Crippen molar-refractivity contribution in [2.45, 2.75) is 41.6 Å². The Morgan fingerprint density at radius 2 is 1.77 bits per heavy atom. The van der Waals surface area contributed by atoms with Crippen LogP contribution in [0.4, 0.5) is 17.6 Å². The molecule has 1 amide bonds. The van der Waals surface area contributed by atoms with E-state index in [0.717, 1.165) is 23.4 Å². The Morgan fingerprint density at radius 3 is 2.35 bits per heavy atom. The zero-order chi connectivity index (χ0) is 35.3. The first kappa shape index (κ1) is 36.0. The number of methoxy groups -OCH3 is 1. The van der Waals surface area contributed by atoms with Crippen LogP contribution in [0, 0.1) is 5.82 Å². The van der Waals surface area contributed by atoms with E-state index in [9.17, 15) is 39.2 Å². The molecule has 2 heterocycles. The first-order valence-electron chi connectivity index (χ1n) is 13.9. The van der Waals surface area contributed by atoms with Crippen LogP contribution in [0.1, 0.15) is 45.9 Å². The third-order valence-electron chi connectivity index (χ3n) is 6.99. The Hall–Kier alpha value is -4.81. The van der Waals surface area contributed by atoms with Crippen molar-refractivity contribution < 1.29 is 53.8 Å². The van der Waals surface area contributed by atoms with Gasteiger partial charge in [0.2, 0.25) is 26.0 Å². The number of benzene rings is 3. The number of amides is 1. The second-order valence-electron chi connectivity index (χ2n) is 10.4. The van der Waals surface area contributed by atoms with Crippen molar-refractivity contribution in [3.8, 4) is 5.75 Å². The van der Waals surface area contributed by atoms with Gasteiger partial charge in [0.25, 0.3) is 0 Å². The van der Waals surface area contributed by atoms with Crippen molar-refractivity contribution >= 4 is 31.9 Å². The average molecular weight is 713 g/mol. The smallest absolute Gasteiger partial charge is 0.490 e. The lowest BCUT2D eigenvalue weighted by atomic mass is 10.0. The number of para-hydroxylation sites is 1. The van der Waals surface area contributed by atoms with Crippen LogP contribution in [0.15, 0.2) is 83.9 Å². The fourth-order valence-electron chi connectivity index (χ4n) is 4.73. The predicted octanol–water partition coefficient (Wildman–Crippen LogP) is 3.93. The molecule has 48 heavy (non-hydrogen) atoms. The highest BCUT2D eigenvalue weighted by Gasteiger charge is 2.39. The number of nitrogens with zero attached hydrogens (tertiary/aromatic N) is 1. The Bertz CT molecular complexity index is 2000. The summed E-state index contributed by atoms with van der Waals surface area (Å²) >= 11 is 0. The van der Waals surface area contributed by atoms with E-state index in [1.54, 1.807) is 37.6 Å². The molecule has 0 bridgehead atoms. The molecular weight excluding hydrogens is 684 g/mol. The number of hydrogen-bond acceptors (Lipinski definition) is 8. The molecule has 1 fully saturated rings. The number of ether oxygens (including phenoxy) is 1. The molecule has 3 aromatic carbocycles. The van der Waals surface area contributed by atoms with Gasteiger partial charge in [0.05, 0.1) is 24.5 Å². The molecule has 5 rings (SSSR count). The number of carboxylic acid groups (broad SMARTS) is 1. The van der Waals surface area contributed by atoms with E-state index < -0.39 is 55.2 Å². The largest absolute Gasteiger partial charge is 0.496 e. The molecule has 1 aliphatic heterocycles. The van der Waals surface area contributed by atoms with Gasteiger partial charge >= 0.3 is 12.1 Å². The minimum atomic E-state index is -5.08. The molecule has 2 unspecified atom stereocenters. The Labute approximate surface area is 272 Å². The van der Waals surface area contributed by atoms with Gasteiger partial charge in [0, 0.05) is 23.9 Å². The van der Waals surface area contributed by atoms with Crippen molar-refractivity contribution in [3.05, 3.63) is 113 Å². The lowest BCUT2D eigenvalue weighted by Gasteiger charge is -2.18. The van der Waals surface area contributed by atoms with Gasteiger partial charge in [-0.3, -0.25) is 9.52 Å². The van der Waals surface area contributed by atoms with E-state index in [-0.39, 0.29) is 17.7 Å². The zero-order valence-corrected chi connectivity index (χ0v) is 26.5. The average Bonchev–Trinajstić information content (AvgIpc) is 3.59. The molecule has 1 saturated heterocycles. The van der Waals surface area contributed by atoms with E-state index >= 15 is 0 Å². The Balaban J connectivity index is 0.000000671. The van der Waals surface area contributed by atoms with Gasteiger partial charge in [-0.1, -0.05) is 48.5 Å². The van der Waals surface area contributed by atoms with E-state index in [0.29, 0.717) is 29.1 Å². The standard InChI is InChI=1S/C28H27FN4O6S2.C2HF3O2/c1-39-25-8-3-2-5-20(25)14-22-17-30-28(31-22)24(32-40(35,36)23-7-4-6-21(29)15-23)13-18-9-11-19(12-10-18)26-16-27(34)33-41(26,37)38;3-2(4,5)1(6)7/h2-12,15,17,24,26,32H,13-14,16H2,1H3,(H,30,31)(H,33,34);(H,6,7). The number of hydrogen-bond donors (Lipinski definition) is 4. The molecule has 1 aliphatic rings. The van der Waals surface area contributed by atoms with Crippen LogP contribution in [-0.2, 0) is 42.5 Å². The summed E-state index contributed by atoms with van der Waals surface area (Å²) in [6.07, 6.45) is -3.04. The number of aliphatic carboxylic acids is 1. The summed E-state index contributed by atoms with van der Waals surface area (Å²) in [5, 5.41) is 6.13. The highest BCUT2D eigenvalue weighted by molar-refractivity contribution is 7.90. The predicted molar refractivity (Wildman–Crippen MR) is 162 cm³/mol. The number of nitrogens with one attached hydrogen (secondary N) is 3.